The highest BCUT2D eigenvalue weighted by atomic mass is 35.5. The van der Waals surface area contributed by atoms with Crippen molar-refractivity contribution in [1.29, 1.82) is 0 Å². The van der Waals surface area contributed by atoms with Gasteiger partial charge in [-0.15, -0.1) is 24.8 Å². The number of aliphatic imine (C=N–C) groups is 1. The fourth-order valence-corrected chi connectivity index (χ4v) is 3.82. The molecule has 4 rings (SSSR count). The van der Waals surface area contributed by atoms with Crippen molar-refractivity contribution in [3.8, 4) is 0 Å². The second-order valence-corrected chi connectivity index (χ2v) is 7.30. The van der Waals surface area contributed by atoms with Crippen LogP contribution in [0.15, 0.2) is 59.6 Å². The highest BCUT2D eigenvalue weighted by molar-refractivity contribution is 6.23. The van der Waals surface area contributed by atoms with Crippen LogP contribution in [0.25, 0.3) is 5.57 Å². The molecule has 1 saturated heterocycles. The third kappa shape index (κ3) is 5.40. The number of nitrogens with zero attached hydrogens (tertiary/aromatic N) is 3. The number of allylic oxidation sites excluding steroid dienone is 1. The molecule has 2 heterocycles. The van der Waals surface area contributed by atoms with E-state index in [0.29, 0.717) is 0 Å². The number of aliphatic hydroxyl groups is 1. The number of piperazine rings is 1. The summed E-state index contributed by atoms with van der Waals surface area (Å²) in [5, 5.41) is 9.20. The number of hydrogen-bond acceptors (Lipinski definition) is 4. The average molecular weight is 434 g/mol. The lowest BCUT2D eigenvalue weighted by Crippen LogP contribution is -2.49. The van der Waals surface area contributed by atoms with Crippen molar-refractivity contribution in [2.24, 2.45) is 4.99 Å². The summed E-state index contributed by atoms with van der Waals surface area (Å²) < 4.78 is 0. The number of benzene rings is 2. The molecule has 0 saturated carbocycles. The Bertz CT molecular complexity index is 857. The Morgan fingerprint density at radius 3 is 2.31 bits per heavy atom. The normalized spacial score (nSPS) is 16.6. The van der Waals surface area contributed by atoms with Crippen molar-refractivity contribution in [3.05, 3.63) is 71.3 Å². The Balaban J connectivity index is 0.00000150. The summed E-state index contributed by atoms with van der Waals surface area (Å²) >= 11 is 0. The molecule has 0 radical (unpaired) electrons. The van der Waals surface area contributed by atoms with Gasteiger partial charge < -0.3 is 10.0 Å². The molecular weight excluding hydrogens is 405 g/mol. The number of halogens is 2. The molecule has 2 aliphatic rings. The molecule has 0 unspecified atom stereocenters. The van der Waals surface area contributed by atoms with Gasteiger partial charge >= 0.3 is 0 Å². The largest absolute Gasteiger partial charge is 0.395 e. The van der Waals surface area contributed by atoms with Gasteiger partial charge in [0.25, 0.3) is 0 Å². The summed E-state index contributed by atoms with van der Waals surface area (Å²) in [5.74, 6) is 1.08. The maximum Gasteiger partial charge on any atom is 0.136 e. The maximum atomic E-state index is 9.20. The summed E-state index contributed by atoms with van der Waals surface area (Å²) in [6.45, 7) is 6.89. The van der Waals surface area contributed by atoms with Crippen LogP contribution in [0, 0.1) is 6.92 Å². The quantitative estimate of drug-likeness (QED) is 0.790. The van der Waals surface area contributed by atoms with Gasteiger partial charge in [0.1, 0.15) is 5.84 Å². The molecule has 1 N–H and O–H groups in total. The Morgan fingerprint density at radius 1 is 0.931 bits per heavy atom. The summed E-state index contributed by atoms with van der Waals surface area (Å²) in [6.07, 6.45) is 3.23. The summed E-state index contributed by atoms with van der Waals surface area (Å²) in [4.78, 5) is 9.84. The molecule has 0 spiro atoms. The summed E-state index contributed by atoms with van der Waals surface area (Å²) in [6, 6.07) is 17.2. The van der Waals surface area contributed by atoms with Crippen molar-refractivity contribution in [2.45, 2.75) is 13.3 Å². The number of hydrogen-bond donors (Lipinski definition) is 1. The van der Waals surface area contributed by atoms with Gasteiger partial charge in [0, 0.05) is 38.3 Å². The molecule has 4 nitrogen and oxygen atoms in total. The molecule has 2 aliphatic heterocycles. The zero-order chi connectivity index (χ0) is 18.6. The van der Waals surface area contributed by atoms with Crippen LogP contribution in [0.2, 0.25) is 0 Å². The molecule has 156 valence electrons. The lowest BCUT2D eigenvalue weighted by atomic mass is 10.0. The number of rotatable bonds is 3. The van der Waals surface area contributed by atoms with Gasteiger partial charge in [-0.1, -0.05) is 54.1 Å². The van der Waals surface area contributed by atoms with Crippen LogP contribution >= 0.6 is 24.8 Å². The predicted molar refractivity (Wildman–Crippen MR) is 126 cm³/mol. The number of β-amino-alcohol motifs (C(OH)–C–C–N with tert-alkyl or cyclic N) is 1. The van der Waals surface area contributed by atoms with Crippen LogP contribution in [0.4, 0.5) is 5.69 Å². The van der Waals surface area contributed by atoms with Crippen molar-refractivity contribution < 1.29 is 5.11 Å². The minimum absolute atomic E-state index is 0. The first kappa shape index (κ1) is 23.4. The second kappa shape index (κ2) is 10.8. The lowest BCUT2D eigenvalue weighted by Gasteiger charge is -2.36. The van der Waals surface area contributed by atoms with Crippen molar-refractivity contribution in [3.63, 3.8) is 0 Å². The van der Waals surface area contributed by atoms with Crippen LogP contribution in [0.1, 0.15) is 16.7 Å². The molecule has 0 atom stereocenters. The van der Waals surface area contributed by atoms with Gasteiger partial charge in [0.05, 0.1) is 12.3 Å². The number of amidine groups is 1. The predicted octanol–water partition coefficient (Wildman–Crippen LogP) is 4.12. The Hall–Kier alpha value is -1.85. The molecule has 2 aromatic carbocycles. The van der Waals surface area contributed by atoms with E-state index in [2.05, 4.69) is 71.3 Å². The molecule has 0 bridgehead atoms. The van der Waals surface area contributed by atoms with Gasteiger partial charge in [-0.2, -0.15) is 0 Å². The van der Waals surface area contributed by atoms with Gasteiger partial charge in [-0.25, -0.2) is 4.99 Å². The maximum absolute atomic E-state index is 9.20. The van der Waals surface area contributed by atoms with E-state index in [1.54, 1.807) is 0 Å². The molecule has 6 heteroatoms. The van der Waals surface area contributed by atoms with Crippen molar-refractivity contribution in [1.82, 2.24) is 9.80 Å². The number of fused-ring (bicyclic) bond motifs is 1. The fraction of sp³-hybridized carbons (Fsp3) is 0.348. The van der Waals surface area contributed by atoms with Gasteiger partial charge in [0.15, 0.2) is 0 Å². The first-order valence-electron chi connectivity index (χ1n) is 9.77. The zero-order valence-electron chi connectivity index (χ0n) is 16.8. The van der Waals surface area contributed by atoms with E-state index in [9.17, 15) is 5.11 Å². The number of aryl methyl sites for hydroxylation is 1. The minimum atomic E-state index is 0. The van der Waals surface area contributed by atoms with E-state index < -0.39 is 0 Å². The van der Waals surface area contributed by atoms with Gasteiger partial charge in [-0.3, -0.25) is 4.90 Å². The number of para-hydroxylation sites is 1. The van der Waals surface area contributed by atoms with Gasteiger partial charge in [0.2, 0.25) is 0 Å². The van der Waals surface area contributed by atoms with Crippen LogP contribution in [-0.4, -0.2) is 60.1 Å². The highest BCUT2D eigenvalue weighted by Gasteiger charge is 2.24. The average Bonchev–Trinajstić information content (AvgIpc) is 2.89. The second-order valence-electron chi connectivity index (χ2n) is 7.30. The van der Waals surface area contributed by atoms with Crippen LogP contribution in [0.3, 0.4) is 0 Å². The third-order valence-electron chi connectivity index (χ3n) is 5.44. The minimum Gasteiger partial charge on any atom is -0.395 e. The summed E-state index contributed by atoms with van der Waals surface area (Å²) in [5.41, 5.74) is 6.07. The fourth-order valence-electron chi connectivity index (χ4n) is 3.82. The number of aliphatic hydroxyl groups excluding tert-OH is 1. The molecule has 2 aromatic rings. The van der Waals surface area contributed by atoms with E-state index in [1.807, 2.05) is 0 Å². The first-order chi connectivity index (χ1) is 13.2. The van der Waals surface area contributed by atoms with E-state index in [-0.39, 0.29) is 31.4 Å². The van der Waals surface area contributed by atoms with Crippen molar-refractivity contribution in [2.75, 3.05) is 39.3 Å². The molecule has 1 fully saturated rings. The standard InChI is InChI=1S/C23H27N3O.2ClH/c1-18-6-8-19(9-7-18)21-11-10-20-4-2-3-5-22(20)24-23(21)26-14-12-25(13-15-26)16-17-27;;/h2-9,11,27H,10,12-17H2,1H3;2*1H. The Labute approximate surface area is 185 Å². The molecular formula is C23H29Cl2N3O. The Morgan fingerprint density at radius 2 is 1.62 bits per heavy atom. The van der Waals surface area contributed by atoms with Crippen LogP contribution in [0.5, 0.6) is 0 Å². The smallest absolute Gasteiger partial charge is 0.136 e. The molecule has 29 heavy (non-hydrogen) atoms. The topological polar surface area (TPSA) is 39.1 Å². The highest BCUT2D eigenvalue weighted by Crippen LogP contribution is 2.30. The molecule has 0 amide bonds. The van der Waals surface area contributed by atoms with E-state index in [0.717, 1.165) is 50.7 Å². The molecule has 0 aliphatic carbocycles. The van der Waals surface area contributed by atoms with E-state index in [1.165, 1.54) is 22.3 Å². The first-order valence-corrected chi connectivity index (χ1v) is 9.77. The van der Waals surface area contributed by atoms with Gasteiger partial charge in [-0.05, 0) is 30.5 Å². The summed E-state index contributed by atoms with van der Waals surface area (Å²) in [7, 11) is 0. The zero-order valence-corrected chi connectivity index (χ0v) is 18.4. The van der Waals surface area contributed by atoms with Crippen molar-refractivity contribution >= 4 is 41.9 Å². The third-order valence-corrected chi connectivity index (χ3v) is 5.44. The lowest BCUT2D eigenvalue weighted by molar-refractivity contribution is 0.148. The van der Waals surface area contributed by atoms with E-state index >= 15 is 0 Å². The molecule has 0 aromatic heterocycles. The monoisotopic (exact) mass is 433 g/mol. The van der Waals surface area contributed by atoms with E-state index in [4.69, 9.17) is 4.99 Å². The Kier molecular flexibility index (Phi) is 8.72. The SMILES string of the molecule is Cc1ccc(C2=CCc3ccccc3N=C2N2CCN(CCO)CC2)cc1.Cl.Cl. The van der Waals surface area contributed by atoms with Crippen LogP contribution < -0.4 is 0 Å². The van der Waals surface area contributed by atoms with Crippen LogP contribution in [-0.2, 0) is 6.42 Å².